The molecule has 3 rings (SSSR count). The van der Waals surface area contributed by atoms with Gasteiger partial charge in [0.1, 0.15) is 5.65 Å². The largest absolute Gasteiger partial charge is 0.357 e. The minimum absolute atomic E-state index is 0.0679. The van der Waals surface area contributed by atoms with Gasteiger partial charge in [-0.25, -0.2) is 4.98 Å². The number of nitrogens with one attached hydrogen (secondary N) is 3. The van der Waals surface area contributed by atoms with Crippen LogP contribution < -0.4 is 16.0 Å². The summed E-state index contributed by atoms with van der Waals surface area (Å²) in [5, 5.41) is 9.28. The van der Waals surface area contributed by atoms with Gasteiger partial charge in [-0.3, -0.25) is 9.79 Å². The van der Waals surface area contributed by atoms with Crippen LogP contribution in [0.1, 0.15) is 28.5 Å². The van der Waals surface area contributed by atoms with Gasteiger partial charge in [-0.2, -0.15) is 0 Å². The zero-order chi connectivity index (χ0) is 20.5. The average Bonchev–Trinajstić information content (AvgIpc) is 3.16. The average molecular weight is 393 g/mol. The third kappa shape index (κ3) is 5.81. The maximum Gasteiger partial charge on any atom is 0.251 e. The Hall–Kier alpha value is -3.35. The van der Waals surface area contributed by atoms with E-state index in [9.17, 15) is 4.79 Å². The minimum atomic E-state index is -0.0679. The van der Waals surface area contributed by atoms with Gasteiger partial charge in [0, 0.05) is 51.1 Å². The highest BCUT2D eigenvalue weighted by atomic mass is 16.1. The van der Waals surface area contributed by atoms with Crippen LogP contribution in [-0.4, -0.2) is 47.9 Å². The van der Waals surface area contributed by atoms with E-state index >= 15 is 0 Å². The van der Waals surface area contributed by atoms with Crippen LogP contribution in [0.3, 0.4) is 0 Å². The Balaban J connectivity index is 1.52. The summed E-state index contributed by atoms with van der Waals surface area (Å²) < 4.78 is 2.02. The number of benzene rings is 1. The van der Waals surface area contributed by atoms with Crippen molar-refractivity contribution in [3.63, 3.8) is 0 Å². The molecule has 0 radical (unpaired) electrons. The van der Waals surface area contributed by atoms with E-state index in [1.54, 1.807) is 7.05 Å². The van der Waals surface area contributed by atoms with E-state index in [-0.39, 0.29) is 5.91 Å². The number of hydrogen-bond donors (Lipinski definition) is 3. The van der Waals surface area contributed by atoms with Crippen LogP contribution in [-0.2, 0) is 12.8 Å². The molecular formula is C22H28N6O. The second kappa shape index (κ2) is 10.3. The molecule has 2 aromatic heterocycles. The maximum atomic E-state index is 11.8. The normalized spacial score (nSPS) is 11.4. The van der Waals surface area contributed by atoms with Crippen LogP contribution in [0.25, 0.3) is 5.65 Å². The first kappa shape index (κ1) is 20.4. The number of nitrogens with zero attached hydrogens (tertiary/aromatic N) is 3. The van der Waals surface area contributed by atoms with Crippen molar-refractivity contribution in [1.29, 1.82) is 0 Å². The molecule has 7 nitrogen and oxygen atoms in total. The van der Waals surface area contributed by atoms with Gasteiger partial charge in [-0.1, -0.05) is 18.2 Å². The number of guanidine groups is 1. The Morgan fingerprint density at radius 2 is 2.03 bits per heavy atom. The van der Waals surface area contributed by atoms with Gasteiger partial charge < -0.3 is 20.4 Å². The summed E-state index contributed by atoms with van der Waals surface area (Å²) in [6.07, 6.45) is 5.64. The molecule has 7 heteroatoms. The third-order valence-corrected chi connectivity index (χ3v) is 4.52. The quantitative estimate of drug-likeness (QED) is 0.405. The van der Waals surface area contributed by atoms with Crippen LogP contribution >= 0.6 is 0 Å². The summed E-state index contributed by atoms with van der Waals surface area (Å²) in [7, 11) is 1.64. The predicted molar refractivity (Wildman–Crippen MR) is 116 cm³/mol. The monoisotopic (exact) mass is 392 g/mol. The molecule has 0 bridgehead atoms. The molecule has 0 saturated carbocycles. The van der Waals surface area contributed by atoms with Gasteiger partial charge in [0.15, 0.2) is 5.96 Å². The number of aromatic nitrogens is 2. The highest BCUT2D eigenvalue weighted by Crippen LogP contribution is 2.06. The Bertz CT molecular complexity index is 945. The van der Waals surface area contributed by atoms with E-state index in [2.05, 4.69) is 25.9 Å². The van der Waals surface area contributed by atoms with Crippen molar-refractivity contribution in [2.24, 2.45) is 4.99 Å². The maximum absolute atomic E-state index is 11.8. The van der Waals surface area contributed by atoms with Gasteiger partial charge in [-0.15, -0.1) is 0 Å². The molecule has 0 aliphatic carbocycles. The van der Waals surface area contributed by atoms with Gasteiger partial charge in [0.2, 0.25) is 0 Å². The molecule has 2 heterocycles. The van der Waals surface area contributed by atoms with E-state index in [1.807, 2.05) is 66.2 Å². The van der Waals surface area contributed by atoms with Gasteiger partial charge in [0.25, 0.3) is 5.91 Å². The number of fused-ring (bicyclic) bond motifs is 1. The van der Waals surface area contributed by atoms with Crippen LogP contribution in [0.5, 0.6) is 0 Å². The smallest absolute Gasteiger partial charge is 0.251 e. The van der Waals surface area contributed by atoms with Crippen LogP contribution in [0.15, 0.2) is 59.9 Å². The molecule has 0 aliphatic heterocycles. The number of carbonyl (C=O) groups is 1. The van der Waals surface area contributed by atoms with Crippen molar-refractivity contribution in [1.82, 2.24) is 25.3 Å². The summed E-state index contributed by atoms with van der Waals surface area (Å²) in [6.45, 7) is 4.24. The molecule has 0 atom stereocenters. The Labute approximate surface area is 171 Å². The Morgan fingerprint density at radius 1 is 1.14 bits per heavy atom. The van der Waals surface area contributed by atoms with E-state index < -0.39 is 0 Å². The molecule has 3 N–H and O–H groups in total. The lowest BCUT2D eigenvalue weighted by Gasteiger charge is -2.11. The molecule has 0 saturated heterocycles. The highest BCUT2D eigenvalue weighted by Gasteiger charge is 2.05. The van der Waals surface area contributed by atoms with Crippen molar-refractivity contribution >= 4 is 17.5 Å². The fourth-order valence-corrected chi connectivity index (χ4v) is 3.07. The fourth-order valence-electron chi connectivity index (χ4n) is 3.07. The fraction of sp³-hybridized carbons (Fsp3) is 0.318. The van der Waals surface area contributed by atoms with E-state index in [0.29, 0.717) is 12.1 Å². The summed E-state index contributed by atoms with van der Waals surface area (Å²) in [6, 6.07) is 13.7. The minimum Gasteiger partial charge on any atom is -0.357 e. The first-order valence-electron chi connectivity index (χ1n) is 9.95. The van der Waals surface area contributed by atoms with Crippen molar-refractivity contribution in [3.8, 4) is 0 Å². The molecule has 152 valence electrons. The summed E-state index contributed by atoms with van der Waals surface area (Å²) in [5.41, 5.74) is 3.77. The summed E-state index contributed by atoms with van der Waals surface area (Å²) in [5.74, 6) is 0.723. The zero-order valence-electron chi connectivity index (χ0n) is 17.0. The topological polar surface area (TPSA) is 82.8 Å². The SMILES string of the molecule is CCNC(=NCCc1cn2ccccc2n1)NCCc1cccc(C(=O)NC)c1. The third-order valence-electron chi connectivity index (χ3n) is 4.52. The standard InChI is InChI=1S/C22H28N6O/c1-3-24-22(25-12-10-17-7-6-8-18(15-17)21(29)23-2)26-13-11-19-16-28-14-5-4-9-20(28)27-19/h4-9,14-16H,3,10-13H2,1-2H3,(H,23,29)(H2,24,25,26). The number of hydrogen-bond acceptors (Lipinski definition) is 3. The molecule has 0 aliphatic rings. The summed E-state index contributed by atoms with van der Waals surface area (Å²) >= 11 is 0. The zero-order valence-corrected chi connectivity index (χ0v) is 17.0. The molecule has 1 amide bonds. The number of imidazole rings is 1. The number of pyridine rings is 1. The Morgan fingerprint density at radius 3 is 2.83 bits per heavy atom. The predicted octanol–water partition coefficient (Wildman–Crippen LogP) is 2.03. The molecular weight excluding hydrogens is 364 g/mol. The van der Waals surface area contributed by atoms with Gasteiger partial charge >= 0.3 is 0 Å². The second-order valence-electron chi connectivity index (χ2n) is 6.67. The van der Waals surface area contributed by atoms with E-state index in [1.165, 1.54) is 0 Å². The molecule has 3 aromatic rings. The number of rotatable bonds is 8. The first-order chi connectivity index (χ1) is 14.2. The van der Waals surface area contributed by atoms with Crippen molar-refractivity contribution in [2.75, 3.05) is 26.7 Å². The first-order valence-corrected chi connectivity index (χ1v) is 9.95. The Kier molecular flexibility index (Phi) is 7.22. The van der Waals surface area contributed by atoms with Crippen molar-refractivity contribution in [3.05, 3.63) is 71.7 Å². The lowest BCUT2D eigenvalue weighted by atomic mass is 10.1. The lowest BCUT2D eigenvalue weighted by Crippen LogP contribution is -2.38. The number of amides is 1. The highest BCUT2D eigenvalue weighted by molar-refractivity contribution is 5.94. The molecule has 1 aromatic carbocycles. The van der Waals surface area contributed by atoms with Crippen LogP contribution in [0.4, 0.5) is 0 Å². The van der Waals surface area contributed by atoms with E-state index in [4.69, 9.17) is 0 Å². The molecule has 0 fully saturated rings. The number of carbonyl (C=O) groups excluding carboxylic acids is 1. The second-order valence-corrected chi connectivity index (χ2v) is 6.67. The molecule has 0 unspecified atom stereocenters. The summed E-state index contributed by atoms with van der Waals surface area (Å²) in [4.78, 5) is 21.0. The lowest BCUT2D eigenvalue weighted by molar-refractivity contribution is 0.0963. The van der Waals surface area contributed by atoms with E-state index in [0.717, 1.165) is 48.8 Å². The molecule has 0 spiro atoms. The van der Waals surface area contributed by atoms with Crippen molar-refractivity contribution in [2.45, 2.75) is 19.8 Å². The van der Waals surface area contributed by atoms with Crippen molar-refractivity contribution < 1.29 is 4.79 Å². The number of aliphatic imine (C=N–C) groups is 1. The van der Waals surface area contributed by atoms with Gasteiger partial charge in [0.05, 0.1) is 5.69 Å². The van der Waals surface area contributed by atoms with Crippen LogP contribution in [0.2, 0.25) is 0 Å². The van der Waals surface area contributed by atoms with Crippen LogP contribution in [0, 0.1) is 0 Å². The molecule has 29 heavy (non-hydrogen) atoms. The van der Waals surface area contributed by atoms with Gasteiger partial charge in [-0.05, 0) is 43.2 Å².